The Kier molecular flexibility index (Phi) is 10.6. The molecule has 0 saturated heterocycles. The summed E-state index contributed by atoms with van der Waals surface area (Å²) >= 11 is 6.30. The van der Waals surface area contributed by atoms with Crippen molar-refractivity contribution in [2.24, 2.45) is 0 Å². The van der Waals surface area contributed by atoms with E-state index in [0.29, 0.717) is 28.0 Å². The third kappa shape index (κ3) is 7.77. The summed E-state index contributed by atoms with van der Waals surface area (Å²) in [5.41, 5.74) is 1.04. The van der Waals surface area contributed by atoms with Crippen LogP contribution < -0.4 is 4.90 Å². The van der Waals surface area contributed by atoms with E-state index >= 15 is 0 Å². The van der Waals surface area contributed by atoms with E-state index in [1.807, 2.05) is 6.92 Å². The van der Waals surface area contributed by atoms with Crippen LogP contribution in [0.1, 0.15) is 33.6 Å². The van der Waals surface area contributed by atoms with Crippen LogP contribution in [0.3, 0.4) is 0 Å². The van der Waals surface area contributed by atoms with Crippen LogP contribution in [-0.4, -0.2) is 66.9 Å². The molecule has 0 aliphatic carbocycles. The highest BCUT2D eigenvalue weighted by atomic mass is 35.5. The Hall–Kier alpha value is -0.960. The van der Waals surface area contributed by atoms with Gasteiger partial charge in [-0.25, -0.2) is 0 Å². The summed E-state index contributed by atoms with van der Waals surface area (Å²) in [7, 11) is -9.34. The van der Waals surface area contributed by atoms with Crippen LogP contribution in [-0.2, 0) is 9.13 Å². The molecular weight excluding hydrogens is 520 g/mol. The molecule has 13 heteroatoms. The molecule has 190 valence electrons. The van der Waals surface area contributed by atoms with E-state index in [-0.39, 0.29) is 17.8 Å². The number of benzene rings is 1. The maximum absolute atomic E-state index is 13.5. The lowest BCUT2D eigenvalue weighted by Gasteiger charge is -2.32. The number of halogens is 1. The molecule has 2 rings (SSSR count). The molecule has 3 unspecified atom stereocenters. The average molecular weight is 552 g/mol. The van der Waals surface area contributed by atoms with Crippen molar-refractivity contribution >= 4 is 60.2 Å². The molecule has 34 heavy (non-hydrogen) atoms. The number of nitrogens with zero attached hydrogens (tertiary/aromatic N) is 3. The summed E-state index contributed by atoms with van der Waals surface area (Å²) in [5.74, 6) is 0. The summed E-state index contributed by atoms with van der Waals surface area (Å²) in [4.78, 5) is 50.8. The minimum Gasteiger partial charge on any atom is -0.343 e. The SMILES string of the molecule is CCN(CC)CCCC(C)N(C(=O)SC(P(C)(=O)O)P(=O)(O)O)c1ccnc2cc(Cl)ccc12. The van der Waals surface area contributed by atoms with Gasteiger partial charge >= 0.3 is 7.60 Å². The number of aromatic nitrogens is 1. The van der Waals surface area contributed by atoms with Gasteiger partial charge in [0, 0.05) is 29.3 Å². The number of anilines is 1. The van der Waals surface area contributed by atoms with Gasteiger partial charge in [-0.3, -0.25) is 23.8 Å². The zero-order chi connectivity index (χ0) is 25.7. The van der Waals surface area contributed by atoms with E-state index in [1.165, 1.54) is 11.1 Å². The zero-order valence-electron chi connectivity index (χ0n) is 19.7. The number of fused-ring (bicyclic) bond motifs is 1. The number of amides is 1. The highest BCUT2D eigenvalue weighted by Gasteiger charge is 2.44. The predicted molar refractivity (Wildman–Crippen MR) is 140 cm³/mol. The number of thioether (sulfide) groups is 1. The van der Waals surface area contributed by atoms with Gasteiger partial charge in [0.25, 0.3) is 5.24 Å². The maximum atomic E-state index is 13.5. The van der Waals surface area contributed by atoms with Crippen molar-refractivity contribution in [3.8, 4) is 0 Å². The number of carbonyl (C=O) groups excluding carboxylic acids is 1. The van der Waals surface area contributed by atoms with Crippen LogP contribution >= 0.6 is 38.3 Å². The maximum Gasteiger partial charge on any atom is 0.348 e. The van der Waals surface area contributed by atoms with Crippen LogP contribution in [0.15, 0.2) is 30.5 Å². The van der Waals surface area contributed by atoms with E-state index in [2.05, 4.69) is 23.7 Å². The van der Waals surface area contributed by atoms with Gasteiger partial charge < -0.3 is 19.6 Å². The first-order chi connectivity index (χ1) is 15.8. The second kappa shape index (κ2) is 12.3. The molecule has 1 amide bonds. The van der Waals surface area contributed by atoms with E-state index in [4.69, 9.17) is 11.6 Å². The topological polar surface area (TPSA) is 131 Å². The molecule has 0 radical (unpaired) electrons. The molecular formula is C21H32ClN3O6P2S. The zero-order valence-corrected chi connectivity index (χ0v) is 23.0. The largest absolute Gasteiger partial charge is 0.348 e. The van der Waals surface area contributed by atoms with Gasteiger partial charge in [-0.2, -0.15) is 0 Å². The fraction of sp³-hybridized carbons (Fsp3) is 0.524. The van der Waals surface area contributed by atoms with Gasteiger partial charge in [0.15, 0.2) is 4.73 Å². The minimum absolute atomic E-state index is 0.204. The molecule has 1 heterocycles. The van der Waals surface area contributed by atoms with Crippen LogP contribution in [0, 0.1) is 0 Å². The van der Waals surface area contributed by atoms with Crippen LogP contribution in [0.4, 0.5) is 10.5 Å². The molecule has 0 aliphatic heterocycles. The lowest BCUT2D eigenvalue weighted by atomic mass is 10.1. The first-order valence-corrected chi connectivity index (χ1v) is 16.0. The molecule has 0 aliphatic rings. The Bertz CT molecular complexity index is 1070. The van der Waals surface area contributed by atoms with Crippen LogP contribution in [0.5, 0.6) is 0 Å². The predicted octanol–water partition coefficient (Wildman–Crippen LogP) is 5.42. The van der Waals surface area contributed by atoms with Crippen molar-refractivity contribution in [3.05, 3.63) is 35.5 Å². The molecule has 0 bridgehead atoms. The van der Waals surface area contributed by atoms with Crippen molar-refractivity contribution < 1.29 is 28.6 Å². The van der Waals surface area contributed by atoms with Crippen molar-refractivity contribution in [1.82, 2.24) is 9.88 Å². The minimum atomic E-state index is -5.04. The molecule has 0 fully saturated rings. The first kappa shape index (κ1) is 29.3. The number of hydrogen-bond acceptors (Lipinski definition) is 6. The summed E-state index contributed by atoms with van der Waals surface area (Å²) < 4.78 is 22.1. The van der Waals surface area contributed by atoms with Crippen molar-refractivity contribution in [1.29, 1.82) is 0 Å². The molecule has 0 spiro atoms. The van der Waals surface area contributed by atoms with Crippen molar-refractivity contribution in [2.75, 3.05) is 31.2 Å². The third-order valence-corrected chi connectivity index (χ3v) is 12.5. The molecule has 1 aromatic carbocycles. The van der Waals surface area contributed by atoms with Crippen LogP contribution in [0.2, 0.25) is 5.02 Å². The van der Waals surface area contributed by atoms with Gasteiger partial charge in [0.2, 0.25) is 7.37 Å². The van der Waals surface area contributed by atoms with Gasteiger partial charge in [0.1, 0.15) is 0 Å². The highest BCUT2D eigenvalue weighted by Crippen LogP contribution is 2.65. The Morgan fingerprint density at radius 1 is 1.18 bits per heavy atom. The number of rotatable bonds is 11. The molecule has 3 atom stereocenters. The monoisotopic (exact) mass is 551 g/mol. The van der Waals surface area contributed by atoms with Crippen molar-refractivity contribution in [2.45, 2.75) is 44.4 Å². The Morgan fingerprint density at radius 2 is 1.82 bits per heavy atom. The fourth-order valence-electron chi connectivity index (χ4n) is 3.70. The Labute approximate surface area is 209 Å². The number of hydrogen-bond donors (Lipinski definition) is 3. The summed E-state index contributed by atoms with van der Waals surface area (Å²) in [6.45, 7) is 9.50. The van der Waals surface area contributed by atoms with Crippen LogP contribution in [0.25, 0.3) is 10.9 Å². The first-order valence-electron chi connectivity index (χ1n) is 10.9. The summed E-state index contributed by atoms with van der Waals surface area (Å²) in [5, 5.41) is 0.389. The average Bonchev–Trinajstić information content (AvgIpc) is 2.73. The second-order valence-corrected chi connectivity index (χ2v) is 14.8. The van der Waals surface area contributed by atoms with E-state index in [0.717, 1.165) is 32.7 Å². The summed E-state index contributed by atoms with van der Waals surface area (Å²) in [6.07, 6.45) is 2.93. The number of carbonyl (C=O) groups is 1. The number of pyridine rings is 1. The standard InChI is InChI=1S/C21H32ClN3O6P2S/c1-5-24(6-2)13-7-8-15(3)25(20(26)34-21(32(4,27)28)33(29,30)31)19-11-12-23-18-14-16(22)9-10-17(18)19/h9-12,14-15,21H,5-8,13H2,1-4H3,(H,27,28)(H2,29,30,31). The molecule has 0 saturated carbocycles. The molecule has 3 N–H and O–H groups in total. The smallest absolute Gasteiger partial charge is 0.343 e. The molecule has 2 aromatic rings. The molecule has 9 nitrogen and oxygen atoms in total. The van der Waals surface area contributed by atoms with Crippen molar-refractivity contribution in [3.63, 3.8) is 0 Å². The second-order valence-electron chi connectivity index (χ2n) is 8.12. The third-order valence-electron chi connectivity index (χ3n) is 5.47. The summed E-state index contributed by atoms with van der Waals surface area (Å²) in [6, 6.07) is 6.34. The Balaban J connectivity index is 2.46. The Morgan fingerprint density at radius 3 is 2.38 bits per heavy atom. The van der Waals surface area contributed by atoms with E-state index in [9.17, 15) is 28.6 Å². The highest BCUT2D eigenvalue weighted by molar-refractivity contribution is 8.23. The van der Waals surface area contributed by atoms with Gasteiger partial charge in [-0.1, -0.05) is 25.4 Å². The van der Waals surface area contributed by atoms with Gasteiger partial charge in [-0.05, 0) is 75.4 Å². The lowest BCUT2D eigenvalue weighted by Crippen LogP contribution is -2.38. The van der Waals surface area contributed by atoms with Gasteiger partial charge in [-0.15, -0.1) is 0 Å². The quantitative estimate of drug-likeness (QED) is 0.313. The fourth-order valence-corrected chi connectivity index (χ4v) is 8.55. The van der Waals surface area contributed by atoms with E-state index < -0.39 is 24.9 Å². The normalized spacial score (nSPS) is 15.8. The lowest BCUT2D eigenvalue weighted by molar-refractivity contribution is 0.261. The van der Waals surface area contributed by atoms with E-state index in [1.54, 1.807) is 24.3 Å². The molecule has 1 aromatic heterocycles. The van der Waals surface area contributed by atoms with Gasteiger partial charge in [0.05, 0.1) is 11.2 Å².